The van der Waals surface area contributed by atoms with Crippen LogP contribution in [0.1, 0.15) is 44.1 Å². The SMILES string of the molecule is N#CC1(C(O)C2CCCCCC2)COc2ccccc2C1. The van der Waals surface area contributed by atoms with Gasteiger partial charge in [-0.2, -0.15) is 5.26 Å². The van der Waals surface area contributed by atoms with E-state index in [-0.39, 0.29) is 5.92 Å². The summed E-state index contributed by atoms with van der Waals surface area (Å²) in [5.41, 5.74) is 0.251. The van der Waals surface area contributed by atoms with Gasteiger partial charge in [-0.1, -0.05) is 43.9 Å². The molecule has 0 radical (unpaired) electrons. The van der Waals surface area contributed by atoms with Gasteiger partial charge in [-0.05, 0) is 30.4 Å². The molecule has 2 atom stereocenters. The van der Waals surface area contributed by atoms with Crippen molar-refractivity contribution < 1.29 is 9.84 Å². The fraction of sp³-hybridized carbons (Fsp3) is 0.611. The summed E-state index contributed by atoms with van der Waals surface area (Å²) < 4.78 is 5.79. The van der Waals surface area contributed by atoms with Gasteiger partial charge >= 0.3 is 0 Å². The van der Waals surface area contributed by atoms with Crippen LogP contribution in [-0.2, 0) is 6.42 Å². The van der Waals surface area contributed by atoms with Gasteiger partial charge in [0, 0.05) is 6.42 Å². The minimum absolute atomic E-state index is 0.237. The molecule has 1 aromatic carbocycles. The monoisotopic (exact) mass is 285 g/mol. The fourth-order valence-electron chi connectivity index (χ4n) is 3.79. The number of fused-ring (bicyclic) bond motifs is 1. The van der Waals surface area contributed by atoms with Gasteiger partial charge in [0.25, 0.3) is 0 Å². The molecule has 3 nitrogen and oxygen atoms in total. The molecular formula is C18H23NO2. The van der Waals surface area contributed by atoms with E-state index in [0.717, 1.165) is 24.2 Å². The summed E-state index contributed by atoms with van der Waals surface area (Å²) >= 11 is 0. The van der Waals surface area contributed by atoms with Gasteiger partial charge in [-0.25, -0.2) is 0 Å². The highest BCUT2D eigenvalue weighted by Crippen LogP contribution is 2.41. The van der Waals surface area contributed by atoms with E-state index >= 15 is 0 Å². The maximum Gasteiger partial charge on any atom is 0.122 e. The lowest BCUT2D eigenvalue weighted by atomic mass is 9.71. The molecule has 0 spiro atoms. The van der Waals surface area contributed by atoms with Crippen molar-refractivity contribution in [1.29, 1.82) is 5.26 Å². The maximum absolute atomic E-state index is 10.9. The Hall–Kier alpha value is -1.53. The first kappa shape index (κ1) is 14.4. The Kier molecular flexibility index (Phi) is 4.17. The number of ether oxygens (including phenoxy) is 1. The van der Waals surface area contributed by atoms with Crippen molar-refractivity contribution >= 4 is 0 Å². The van der Waals surface area contributed by atoms with Crippen LogP contribution in [0.15, 0.2) is 24.3 Å². The second-order valence-corrected chi connectivity index (χ2v) is 6.54. The number of hydrogen-bond acceptors (Lipinski definition) is 3. The first-order chi connectivity index (χ1) is 10.2. The largest absolute Gasteiger partial charge is 0.492 e. The third-order valence-corrected chi connectivity index (χ3v) is 5.10. The number of aliphatic hydroxyl groups is 1. The zero-order valence-corrected chi connectivity index (χ0v) is 12.4. The Bertz CT molecular complexity index is 528. The van der Waals surface area contributed by atoms with Crippen molar-refractivity contribution in [3.63, 3.8) is 0 Å². The van der Waals surface area contributed by atoms with Crippen molar-refractivity contribution in [2.24, 2.45) is 11.3 Å². The smallest absolute Gasteiger partial charge is 0.122 e. The third kappa shape index (κ3) is 2.78. The van der Waals surface area contributed by atoms with E-state index in [9.17, 15) is 10.4 Å². The van der Waals surface area contributed by atoms with Gasteiger partial charge in [0.05, 0.1) is 12.2 Å². The molecule has 0 amide bonds. The Morgan fingerprint density at radius 1 is 1.19 bits per heavy atom. The molecule has 1 aromatic rings. The summed E-state index contributed by atoms with van der Waals surface area (Å²) in [6.07, 6.45) is 6.91. The van der Waals surface area contributed by atoms with E-state index in [1.807, 2.05) is 24.3 Å². The predicted molar refractivity (Wildman–Crippen MR) is 80.9 cm³/mol. The molecule has 0 aromatic heterocycles. The summed E-state index contributed by atoms with van der Waals surface area (Å²) in [4.78, 5) is 0. The number of aliphatic hydroxyl groups excluding tert-OH is 1. The number of benzene rings is 1. The van der Waals surface area contributed by atoms with E-state index in [2.05, 4.69) is 6.07 Å². The molecule has 0 bridgehead atoms. The molecule has 1 saturated carbocycles. The van der Waals surface area contributed by atoms with Crippen LogP contribution >= 0.6 is 0 Å². The molecule has 3 heteroatoms. The van der Waals surface area contributed by atoms with E-state index < -0.39 is 11.5 Å². The van der Waals surface area contributed by atoms with E-state index in [0.29, 0.717) is 13.0 Å². The van der Waals surface area contributed by atoms with Gasteiger partial charge in [0.15, 0.2) is 0 Å². The predicted octanol–water partition coefficient (Wildman–Crippen LogP) is 3.46. The molecule has 1 heterocycles. The van der Waals surface area contributed by atoms with Crippen LogP contribution in [0.5, 0.6) is 5.75 Å². The molecule has 21 heavy (non-hydrogen) atoms. The van der Waals surface area contributed by atoms with Crippen LogP contribution in [0.25, 0.3) is 0 Å². The highest BCUT2D eigenvalue weighted by Gasteiger charge is 2.45. The molecule has 3 rings (SSSR count). The minimum atomic E-state index is -0.788. The Balaban J connectivity index is 1.82. The average molecular weight is 285 g/mol. The number of nitrogens with zero attached hydrogens (tertiary/aromatic N) is 1. The molecule has 2 unspecified atom stereocenters. The van der Waals surface area contributed by atoms with Crippen LogP contribution in [0, 0.1) is 22.7 Å². The molecule has 112 valence electrons. The standard InChI is InChI=1S/C18H23NO2/c19-12-18(17(20)14-7-3-1-2-4-8-14)11-15-9-5-6-10-16(15)21-13-18/h5-6,9-10,14,17,20H,1-4,7-8,11,13H2. The van der Waals surface area contributed by atoms with E-state index in [1.54, 1.807) is 0 Å². The molecular weight excluding hydrogens is 262 g/mol. The summed E-state index contributed by atoms with van der Waals surface area (Å²) in [7, 11) is 0. The summed E-state index contributed by atoms with van der Waals surface area (Å²) in [6, 6.07) is 10.3. The number of nitriles is 1. The lowest BCUT2D eigenvalue weighted by molar-refractivity contribution is -0.0242. The maximum atomic E-state index is 10.9. The zero-order chi connectivity index (χ0) is 14.7. The van der Waals surface area contributed by atoms with Gasteiger partial charge < -0.3 is 9.84 Å². The number of hydrogen-bond donors (Lipinski definition) is 1. The van der Waals surface area contributed by atoms with Gasteiger partial charge in [-0.15, -0.1) is 0 Å². The second-order valence-electron chi connectivity index (χ2n) is 6.54. The van der Waals surface area contributed by atoms with Gasteiger partial charge in [0.1, 0.15) is 17.8 Å². The molecule has 1 N–H and O–H groups in total. The summed E-state index contributed by atoms with van der Waals surface area (Å²) in [6.45, 7) is 0.304. The lowest BCUT2D eigenvalue weighted by Gasteiger charge is -2.39. The fourth-order valence-corrected chi connectivity index (χ4v) is 3.79. The van der Waals surface area contributed by atoms with Crippen molar-refractivity contribution in [3.8, 4) is 11.8 Å². The summed E-state index contributed by atoms with van der Waals surface area (Å²) in [5, 5.41) is 20.6. The first-order valence-corrected chi connectivity index (χ1v) is 8.05. The zero-order valence-electron chi connectivity index (χ0n) is 12.4. The van der Waals surface area contributed by atoms with Crippen LogP contribution < -0.4 is 4.74 Å². The van der Waals surface area contributed by atoms with Crippen LogP contribution in [0.3, 0.4) is 0 Å². The molecule has 1 fully saturated rings. The topological polar surface area (TPSA) is 53.2 Å². The van der Waals surface area contributed by atoms with E-state index in [4.69, 9.17) is 4.74 Å². The Morgan fingerprint density at radius 2 is 1.90 bits per heavy atom. The normalized spacial score (nSPS) is 27.8. The molecule has 0 saturated heterocycles. The Labute approximate surface area is 126 Å². The van der Waals surface area contributed by atoms with Crippen molar-refractivity contribution in [2.75, 3.05) is 6.61 Å². The van der Waals surface area contributed by atoms with Gasteiger partial charge in [-0.3, -0.25) is 0 Å². The first-order valence-electron chi connectivity index (χ1n) is 8.05. The van der Waals surface area contributed by atoms with Crippen LogP contribution in [-0.4, -0.2) is 17.8 Å². The van der Waals surface area contributed by atoms with E-state index in [1.165, 1.54) is 25.7 Å². The second kappa shape index (κ2) is 6.07. The molecule has 1 aliphatic heterocycles. The lowest BCUT2D eigenvalue weighted by Crippen LogP contribution is -2.47. The quantitative estimate of drug-likeness (QED) is 0.847. The highest BCUT2D eigenvalue weighted by molar-refractivity contribution is 5.38. The molecule has 1 aliphatic carbocycles. The van der Waals surface area contributed by atoms with Crippen molar-refractivity contribution in [2.45, 2.75) is 51.0 Å². The third-order valence-electron chi connectivity index (χ3n) is 5.10. The highest BCUT2D eigenvalue weighted by atomic mass is 16.5. The van der Waals surface area contributed by atoms with Crippen molar-refractivity contribution in [1.82, 2.24) is 0 Å². The minimum Gasteiger partial charge on any atom is -0.492 e. The van der Waals surface area contributed by atoms with Crippen LogP contribution in [0.4, 0.5) is 0 Å². The van der Waals surface area contributed by atoms with Crippen molar-refractivity contribution in [3.05, 3.63) is 29.8 Å². The Morgan fingerprint density at radius 3 is 2.62 bits per heavy atom. The number of para-hydroxylation sites is 1. The van der Waals surface area contributed by atoms with Crippen LogP contribution in [0.2, 0.25) is 0 Å². The number of rotatable bonds is 2. The molecule has 2 aliphatic rings. The average Bonchev–Trinajstić information content (AvgIpc) is 2.82. The van der Waals surface area contributed by atoms with Gasteiger partial charge in [0.2, 0.25) is 0 Å². The summed E-state index contributed by atoms with van der Waals surface area (Å²) in [5.74, 6) is 1.09.